The second kappa shape index (κ2) is 7.13. The summed E-state index contributed by atoms with van der Waals surface area (Å²) in [5.41, 5.74) is 4.67. The fraction of sp³-hybridized carbons (Fsp3) is 0.444. The Hall–Kier alpha value is -2.32. The third-order valence-electron chi connectivity index (χ3n) is 5.01. The van der Waals surface area contributed by atoms with Gasteiger partial charge in [-0.3, -0.25) is 14.6 Å². The molecule has 0 bridgehead atoms. The number of anilines is 1. The monoisotopic (exact) mass is 371 g/mol. The molecule has 4 heterocycles. The third kappa shape index (κ3) is 3.47. The van der Waals surface area contributed by atoms with Crippen LogP contribution in [0.1, 0.15) is 28.2 Å². The molecule has 0 saturated carbocycles. The van der Waals surface area contributed by atoms with E-state index in [4.69, 9.17) is 0 Å². The zero-order valence-corrected chi connectivity index (χ0v) is 15.5. The number of fused-ring (bicyclic) bond motifs is 1. The molecule has 1 atom stereocenters. The normalized spacial score (nSPS) is 20.0. The number of nitrogens with one attached hydrogen (secondary N) is 1. The molecule has 2 aliphatic rings. The van der Waals surface area contributed by atoms with Crippen LogP contribution in [0.5, 0.6) is 0 Å². The van der Waals surface area contributed by atoms with Crippen molar-refractivity contribution in [3.8, 4) is 0 Å². The van der Waals surface area contributed by atoms with Crippen molar-refractivity contribution >= 4 is 28.8 Å². The lowest BCUT2D eigenvalue weighted by Crippen LogP contribution is -2.40. The van der Waals surface area contributed by atoms with Gasteiger partial charge in [-0.25, -0.2) is 4.98 Å². The number of hydrogen-bond acceptors (Lipinski definition) is 6. The Kier molecular flexibility index (Phi) is 4.69. The molecule has 26 heavy (non-hydrogen) atoms. The highest BCUT2D eigenvalue weighted by Crippen LogP contribution is 2.24. The number of aromatic nitrogens is 2. The van der Waals surface area contributed by atoms with Gasteiger partial charge in [-0.2, -0.15) is 0 Å². The molecule has 0 spiro atoms. The Labute approximate surface area is 156 Å². The number of rotatable bonds is 3. The van der Waals surface area contributed by atoms with E-state index < -0.39 is 0 Å². The van der Waals surface area contributed by atoms with Gasteiger partial charge in [0, 0.05) is 37.1 Å². The molecule has 1 fully saturated rings. The summed E-state index contributed by atoms with van der Waals surface area (Å²) in [4.78, 5) is 37.6. The molecule has 2 amide bonds. The van der Waals surface area contributed by atoms with Crippen molar-refractivity contribution in [1.29, 1.82) is 0 Å². The van der Waals surface area contributed by atoms with Gasteiger partial charge in [0.2, 0.25) is 5.91 Å². The molecule has 136 valence electrons. The third-order valence-corrected chi connectivity index (χ3v) is 5.60. The van der Waals surface area contributed by atoms with Crippen LogP contribution >= 0.6 is 11.3 Å². The van der Waals surface area contributed by atoms with Gasteiger partial charge in [-0.15, -0.1) is 11.3 Å². The van der Waals surface area contributed by atoms with Crippen LogP contribution in [0.15, 0.2) is 23.2 Å². The minimum Gasteiger partial charge on any atom is -0.338 e. The highest BCUT2D eigenvalue weighted by Gasteiger charge is 2.31. The predicted molar refractivity (Wildman–Crippen MR) is 99.0 cm³/mol. The Morgan fingerprint density at radius 3 is 2.92 bits per heavy atom. The van der Waals surface area contributed by atoms with E-state index in [-0.39, 0.29) is 17.7 Å². The average molecular weight is 371 g/mol. The largest absolute Gasteiger partial charge is 0.338 e. The Morgan fingerprint density at radius 2 is 2.19 bits per heavy atom. The van der Waals surface area contributed by atoms with Crippen molar-refractivity contribution in [2.24, 2.45) is 5.92 Å². The highest BCUT2D eigenvalue weighted by molar-refractivity contribution is 7.07. The lowest BCUT2D eigenvalue weighted by molar-refractivity contribution is -0.136. The maximum atomic E-state index is 12.8. The van der Waals surface area contributed by atoms with E-state index >= 15 is 0 Å². The first-order valence-corrected chi connectivity index (χ1v) is 9.69. The SMILES string of the molecule is CN1CCC(C(=O)N2CCc3ncc(NC(=O)c4cscn4)cc3C2)C1. The van der Waals surface area contributed by atoms with E-state index in [1.54, 1.807) is 17.1 Å². The predicted octanol–water partition coefficient (Wildman–Crippen LogP) is 1.63. The summed E-state index contributed by atoms with van der Waals surface area (Å²) >= 11 is 1.38. The summed E-state index contributed by atoms with van der Waals surface area (Å²) in [6.07, 6.45) is 3.36. The molecular weight excluding hydrogens is 350 g/mol. The van der Waals surface area contributed by atoms with Crippen LogP contribution in [-0.2, 0) is 17.8 Å². The van der Waals surface area contributed by atoms with Crippen LogP contribution in [0.2, 0.25) is 0 Å². The molecule has 2 aliphatic heterocycles. The van der Waals surface area contributed by atoms with Gasteiger partial charge in [0.05, 0.1) is 23.3 Å². The van der Waals surface area contributed by atoms with Crippen LogP contribution < -0.4 is 5.32 Å². The summed E-state index contributed by atoms with van der Waals surface area (Å²) in [6.45, 7) is 3.09. The van der Waals surface area contributed by atoms with Crippen molar-refractivity contribution in [1.82, 2.24) is 19.8 Å². The van der Waals surface area contributed by atoms with Gasteiger partial charge in [-0.05, 0) is 31.6 Å². The van der Waals surface area contributed by atoms with E-state index in [9.17, 15) is 9.59 Å². The Morgan fingerprint density at radius 1 is 1.31 bits per heavy atom. The quantitative estimate of drug-likeness (QED) is 0.887. The first-order chi connectivity index (χ1) is 12.6. The smallest absolute Gasteiger partial charge is 0.275 e. The Balaban J connectivity index is 1.46. The summed E-state index contributed by atoms with van der Waals surface area (Å²) in [7, 11) is 2.06. The lowest BCUT2D eigenvalue weighted by atomic mass is 10.0. The number of carbonyl (C=O) groups is 2. The van der Waals surface area contributed by atoms with E-state index in [0.717, 1.165) is 37.2 Å². The van der Waals surface area contributed by atoms with Gasteiger partial charge >= 0.3 is 0 Å². The van der Waals surface area contributed by atoms with Crippen LogP contribution in [0.25, 0.3) is 0 Å². The summed E-state index contributed by atoms with van der Waals surface area (Å²) < 4.78 is 0. The molecular formula is C18H21N5O2S. The minimum absolute atomic E-state index is 0.0991. The zero-order chi connectivity index (χ0) is 18.1. The van der Waals surface area contributed by atoms with E-state index in [1.807, 2.05) is 11.0 Å². The highest BCUT2D eigenvalue weighted by atomic mass is 32.1. The maximum absolute atomic E-state index is 12.8. The number of amides is 2. The van der Waals surface area contributed by atoms with Crippen LogP contribution in [0, 0.1) is 5.92 Å². The number of thiazole rings is 1. The second-order valence-electron chi connectivity index (χ2n) is 6.92. The van der Waals surface area contributed by atoms with E-state index in [2.05, 4.69) is 27.2 Å². The van der Waals surface area contributed by atoms with Crippen molar-refractivity contribution in [3.05, 3.63) is 40.1 Å². The number of likely N-dealkylation sites (tertiary alicyclic amines) is 1. The topological polar surface area (TPSA) is 78.4 Å². The molecule has 1 N–H and O–H groups in total. The molecule has 0 aromatic carbocycles. The fourth-order valence-electron chi connectivity index (χ4n) is 3.60. The molecule has 0 radical (unpaired) electrons. The van der Waals surface area contributed by atoms with Gasteiger partial charge in [-0.1, -0.05) is 0 Å². The number of pyridine rings is 1. The summed E-state index contributed by atoms with van der Waals surface area (Å²) in [6, 6.07) is 1.92. The van der Waals surface area contributed by atoms with Gasteiger partial charge in [0.15, 0.2) is 0 Å². The first-order valence-electron chi connectivity index (χ1n) is 8.75. The lowest BCUT2D eigenvalue weighted by Gasteiger charge is -2.30. The minimum atomic E-state index is -0.245. The standard InChI is InChI=1S/C18H21N5O2S/c1-22-4-2-12(8-22)18(25)23-5-3-15-13(9-23)6-14(7-19-15)21-17(24)16-10-26-11-20-16/h6-7,10-12H,2-5,8-9H2,1H3,(H,21,24). The first kappa shape index (κ1) is 17.1. The molecule has 1 unspecified atom stereocenters. The molecule has 0 aliphatic carbocycles. The van der Waals surface area contributed by atoms with E-state index in [0.29, 0.717) is 24.5 Å². The van der Waals surface area contributed by atoms with Crippen LogP contribution in [0.3, 0.4) is 0 Å². The Bertz CT molecular complexity index is 823. The average Bonchev–Trinajstić information content (AvgIpc) is 3.32. The fourth-order valence-corrected chi connectivity index (χ4v) is 4.13. The molecule has 7 nitrogen and oxygen atoms in total. The van der Waals surface area contributed by atoms with Gasteiger partial charge in [0.1, 0.15) is 5.69 Å². The molecule has 1 saturated heterocycles. The van der Waals surface area contributed by atoms with Gasteiger partial charge < -0.3 is 15.1 Å². The zero-order valence-electron chi connectivity index (χ0n) is 14.6. The summed E-state index contributed by atoms with van der Waals surface area (Å²) in [5.74, 6) is 0.0877. The van der Waals surface area contributed by atoms with Crippen molar-refractivity contribution < 1.29 is 9.59 Å². The number of carbonyl (C=O) groups excluding carboxylic acids is 2. The van der Waals surface area contributed by atoms with Crippen molar-refractivity contribution in [2.75, 3.05) is 32.0 Å². The molecule has 2 aromatic rings. The maximum Gasteiger partial charge on any atom is 0.275 e. The van der Waals surface area contributed by atoms with Crippen molar-refractivity contribution in [3.63, 3.8) is 0 Å². The van der Waals surface area contributed by atoms with E-state index in [1.165, 1.54) is 11.3 Å². The summed E-state index contributed by atoms with van der Waals surface area (Å²) in [5, 5.41) is 4.54. The van der Waals surface area contributed by atoms with Crippen molar-refractivity contribution in [2.45, 2.75) is 19.4 Å². The number of nitrogens with zero attached hydrogens (tertiary/aromatic N) is 4. The molecule has 8 heteroatoms. The van der Waals surface area contributed by atoms with Crippen LogP contribution in [-0.4, -0.2) is 58.3 Å². The molecule has 4 rings (SSSR count). The molecule has 2 aromatic heterocycles. The van der Waals surface area contributed by atoms with Gasteiger partial charge in [0.25, 0.3) is 5.91 Å². The second-order valence-corrected chi connectivity index (χ2v) is 7.63. The number of hydrogen-bond donors (Lipinski definition) is 1. The van der Waals surface area contributed by atoms with Crippen LogP contribution in [0.4, 0.5) is 5.69 Å².